The molecule has 3 rings (SSSR count). The maximum atomic E-state index is 13.0. The molecule has 7 nitrogen and oxygen atoms in total. The molecule has 1 N–H and O–H groups in total. The van der Waals surface area contributed by atoms with E-state index < -0.39 is 0 Å². The smallest absolute Gasteiger partial charge is 0.224 e. The van der Waals surface area contributed by atoms with Gasteiger partial charge in [0.15, 0.2) is 5.78 Å². The number of Topliss-reactive ketones (excluding diaryl/α,β-unsaturated/α-hetero) is 1. The van der Waals surface area contributed by atoms with Gasteiger partial charge in [0.05, 0.1) is 13.0 Å². The lowest BCUT2D eigenvalue weighted by molar-refractivity contribution is -0.121. The van der Waals surface area contributed by atoms with Gasteiger partial charge in [0, 0.05) is 36.0 Å². The van der Waals surface area contributed by atoms with Gasteiger partial charge in [-0.3, -0.25) is 14.3 Å². The summed E-state index contributed by atoms with van der Waals surface area (Å²) in [6.45, 7) is 14.1. The lowest BCUT2D eigenvalue weighted by Gasteiger charge is -2.30. The van der Waals surface area contributed by atoms with Crippen LogP contribution in [0.5, 0.6) is 0 Å². The second-order valence-corrected chi connectivity index (χ2v) is 9.59. The molecule has 1 amide bonds. The van der Waals surface area contributed by atoms with Crippen molar-refractivity contribution in [2.45, 2.75) is 79.9 Å². The Morgan fingerprint density at radius 1 is 1.24 bits per heavy atom. The summed E-state index contributed by atoms with van der Waals surface area (Å²) in [6.07, 6.45) is 4.74. The lowest BCUT2D eigenvalue weighted by Crippen LogP contribution is -2.37. The minimum atomic E-state index is -0.0762. The van der Waals surface area contributed by atoms with Crippen LogP contribution < -0.4 is 5.32 Å². The number of carbonyl (C=O) groups is 2. The predicted octanol–water partition coefficient (Wildman–Crippen LogP) is 2.95. The quantitative estimate of drug-likeness (QED) is 0.776. The van der Waals surface area contributed by atoms with Crippen molar-refractivity contribution in [2.24, 2.45) is 11.3 Å². The van der Waals surface area contributed by atoms with Crippen LogP contribution in [-0.4, -0.2) is 37.1 Å². The van der Waals surface area contributed by atoms with E-state index >= 15 is 0 Å². The van der Waals surface area contributed by atoms with Gasteiger partial charge in [-0.15, -0.1) is 0 Å². The molecule has 1 aliphatic carbocycles. The highest BCUT2D eigenvalue weighted by molar-refractivity contribution is 6.01. The maximum Gasteiger partial charge on any atom is 0.224 e. The molecular weight excluding hydrogens is 366 g/mol. The van der Waals surface area contributed by atoms with Crippen molar-refractivity contribution in [1.29, 1.82) is 0 Å². The van der Waals surface area contributed by atoms with E-state index in [1.54, 1.807) is 11.0 Å². The topological polar surface area (TPSA) is 81.8 Å². The summed E-state index contributed by atoms with van der Waals surface area (Å²) in [5.41, 5.74) is 3.80. The van der Waals surface area contributed by atoms with Crippen LogP contribution in [0, 0.1) is 18.3 Å². The minimum Gasteiger partial charge on any atom is -0.351 e. The third-order valence-corrected chi connectivity index (χ3v) is 5.54. The van der Waals surface area contributed by atoms with Crippen molar-refractivity contribution in [2.75, 3.05) is 0 Å². The fourth-order valence-corrected chi connectivity index (χ4v) is 4.38. The Morgan fingerprint density at radius 2 is 1.97 bits per heavy atom. The summed E-state index contributed by atoms with van der Waals surface area (Å²) in [6, 6.07) is -0.0762. The molecule has 0 aliphatic heterocycles. The van der Waals surface area contributed by atoms with Crippen LogP contribution in [0.15, 0.2) is 12.7 Å². The van der Waals surface area contributed by atoms with Crippen molar-refractivity contribution < 1.29 is 9.59 Å². The zero-order chi connectivity index (χ0) is 21.3. The zero-order valence-electron chi connectivity index (χ0n) is 18.5. The summed E-state index contributed by atoms with van der Waals surface area (Å²) in [4.78, 5) is 29.7. The molecule has 2 heterocycles. The normalized spacial score (nSPS) is 16.7. The SMILES string of the molecule is Cc1c(CC(=O)NC(C)Cn2cncn2)c2c(n1CC(C)C)CC(C)(C)CC2=O. The number of rotatable bonds is 7. The highest BCUT2D eigenvalue weighted by Gasteiger charge is 2.37. The van der Waals surface area contributed by atoms with Gasteiger partial charge in [-0.05, 0) is 37.2 Å². The summed E-state index contributed by atoms with van der Waals surface area (Å²) in [7, 11) is 0. The number of hydrogen-bond acceptors (Lipinski definition) is 4. The molecule has 0 radical (unpaired) electrons. The lowest BCUT2D eigenvalue weighted by atomic mass is 9.75. The molecule has 1 unspecified atom stereocenters. The minimum absolute atomic E-state index is 0.0462. The third-order valence-electron chi connectivity index (χ3n) is 5.54. The maximum absolute atomic E-state index is 13.0. The first-order valence-electron chi connectivity index (χ1n) is 10.4. The van der Waals surface area contributed by atoms with Crippen LogP contribution in [0.3, 0.4) is 0 Å². The number of ketones is 1. The molecule has 158 valence electrons. The highest BCUT2D eigenvalue weighted by atomic mass is 16.1. The van der Waals surface area contributed by atoms with Crippen LogP contribution in [0.2, 0.25) is 0 Å². The Kier molecular flexibility index (Phi) is 5.96. The van der Waals surface area contributed by atoms with Gasteiger partial charge in [0.25, 0.3) is 0 Å². The van der Waals surface area contributed by atoms with Crippen molar-refractivity contribution in [3.05, 3.63) is 35.2 Å². The molecule has 1 aliphatic rings. The number of aromatic nitrogens is 4. The molecule has 0 saturated carbocycles. The van der Waals surface area contributed by atoms with Gasteiger partial charge in [-0.25, -0.2) is 4.98 Å². The Balaban J connectivity index is 1.84. The molecule has 0 bridgehead atoms. The Bertz CT molecular complexity index is 893. The average molecular weight is 400 g/mol. The van der Waals surface area contributed by atoms with E-state index in [1.165, 1.54) is 6.33 Å². The first-order chi connectivity index (χ1) is 13.6. The summed E-state index contributed by atoms with van der Waals surface area (Å²) < 4.78 is 3.98. The number of amides is 1. The van der Waals surface area contributed by atoms with E-state index in [9.17, 15) is 9.59 Å². The van der Waals surface area contributed by atoms with Crippen LogP contribution in [0.4, 0.5) is 0 Å². The molecule has 1 atom stereocenters. The summed E-state index contributed by atoms with van der Waals surface area (Å²) in [5, 5.41) is 7.11. The predicted molar refractivity (Wildman–Crippen MR) is 112 cm³/mol. The third kappa shape index (κ3) is 4.77. The van der Waals surface area contributed by atoms with Crippen LogP contribution in [0.25, 0.3) is 0 Å². The second-order valence-electron chi connectivity index (χ2n) is 9.59. The number of hydrogen-bond donors (Lipinski definition) is 1. The Labute approximate surface area is 172 Å². The number of nitrogens with one attached hydrogen (secondary N) is 1. The van der Waals surface area contributed by atoms with E-state index in [1.807, 2.05) is 13.8 Å². The fraction of sp³-hybridized carbons (Fsp3) is 0.636. The molecule has 2 aromatic rings. The standard InChI is InChI=1S/C22H33N5O2/c1-14(2)10-27-16(4)17(21-18(27)8-22(5,6)9-19(21)28)7-20(29)25-15(3)11-26-13-23-12-24-26/h12-15H,7-11H2,1-6H3,(H,25,29). The van der Waals surface area contributed by atoms with Crippen molar-refractivity contribution in [3.63, 3.8) is 0 Å². The first-order valence-corrected chi connectivity index (χ1v) is 10.4. The molecule has 2 aromatic heterocycles. The van der Waals surface area contributed by atoms with Gasteiger partial charge >= 0.3 is 0 Å². The zero-order valence-corrected chi connectivity index (χ0v) is 18.5. The first kappa shape index (κ1) is 21.3. The van der Waals surface area contributed by atoms with Gasteiger partial charge < -0.3 is 9.88 Å². The van der Waals surface area contributed by atoms with Crippen LogP contribution in [-0.2, 0) is 30.7 Å². The molecule has 0 saturated heterocycles. The molecule has 29 heavy (non-hydrogen) atoms. The van der Waals surface area contributed by atoms with Crippen molar-refractivity contribution in [1.82, 2.24) is 24.6 Å². The van der Waals surface area contributed by atoms with E-state index in [4.69, 9.17) is 0 Å². The highest BCUT2D eigenvalue weighted by Crippen LogP contribution is 2.39. The van der Waals surface area contributed by atoms with E-state index in [0.29, 0.717) is 18.9 Å². The van der Waals surface area contributed by atoms with Crippen molar-refractivity contribution in [3.8, 4) is 0 Å². The average Bonchev–Trinajstić information content (AvgIpc) is 3.16. The Hall–Kier alpha value is -2.44. The number of nitrogens with zero attached hydrogens (tertiary/aromatic N) is 4. The second kappa shape index (κ2) is 8.13. The van der Waals surface area contributed by atoms with Gasteiger partial charge in [-0.2, -0.15) is 5.10 Å². The van der Waals surface area contributed by atoms with Crippen molar-refractivity contribution >= 4 is 11.7 Å². The molecule has 7 heteroatoms. The van der Waals surface area contributed by atoms with E-state index in [0.717, 1.165) is 35.5 Å². The molecular formula is C22H33N5O2. The van der Waals surface area contributed by atoms with Crippen LogP contribution >= 0.6 is 0 Å². The molecule has 0 spiro atoms. The summed E-state index contributed by atoms with van der Waals surface area (Å²) >= 11 is 0. The molecule has 0 aromatic carbocycles. The monoisotopic (exact) mass is 399 g/mol. The summed E-state index contributed by atoms with van der Waals surface area (Å²) in [5.74, 6) is 0.567. The number of fused-ring (bicyclic) bond motifs is 1. The Morgan fingerprint density at radius 3 is 2.59 bits per heavy atom. The number of carbonyl (C=O) groups excluding carboxylic acids is 2. The van der Waals surface area contributed by atoms with Gasteiger partial charge in [0.2, 0.25) is 5.91 Å². The largest absolute Gasteiger partial charge is 0.351 e. The van der Waals surface area contributed by atoms with E-state index in [-0.39, 0.29) is 29.6 Å². The van der Waals surface area contributed by atoms with Gasteiger partial charge in [-0.1, -0.05) is 27.7 Å². The van der Waals surface area contributed by atoms with E-state index in [2.05, 4.69) is 47.7 Å². The fourth-order valence-electron chi connectivity index (χ4n) is 4.38. The van der Waals surface area contributed by atoms with Gasteiger partial charge in [0.1, 0.15) is 12.7 Å². The molecule has 0 fully saturated rings. The van der Waals surface area contributed by atoms with Crippen LogP contribution in [0.1, 0.15) is 68.3 Å².